The number of benzene rings is 1. The van der Waals surface area contributed by atoms with Gasteiger partial charge in [-0.15, -0.1) is 0 Å². The SMILES string of the molecule is CC.N=C(N)SCc1ccccc1Br. The van der Waals surface area contributed by atoms with Gasteiger partial charge in [-0.05, 0) is 11.6 Å². The van der Waals surface area contributed by atoms with E-state index in [1.165, 1.54) is 11.8 Å². The lowest BCUT2D eigenvalue weighted by Crippen LogP contribution is -2.03. The Morgan fingerprint density at radius 1 is 1.43 bits per heavy atom. The van der Waals surface area contributed by atoms with Crippen molar-refractivity contribution in [1.82, 2.24) is 0 Å². The van der Waals surface area contributed by atoms with Crippen molar-refractivity contribution in [2.45, 2.75) is 19.6 Å². The van der Waals surface area contributed by atoms with Crippen LogP contribution in [0.2, 0.25) is 0 Å². The van der Waals surface area contributed by atoms with Gasteiger partial charge in [0.15, 0.2) is 5.17 Å². The average Bonchev–Trinajstić information content (AvgIpc) is 2.19. The Labute approximate surface area is 97.9 Å². The zero-order valence-electron chi connectivity index (χ0n) is 8.38. The number of amidine groups is 1. The third kappa shape index (κ3) is 5.29. The van der Waals surface area contributed by atoms with Crippen LogP contribution < -0.4 is 5.73 Å². The standard InChI is InChI=1S/C8H9BrN2S.C2H6/c9-7-4-2-1-3-6(7)5-12-8(10)11;1-2/h1-4H,5H2,(H3,10,11);1-2H3. The molecule has 0 aromatic heterocycles. The molecule has 4 heteroatoms. The summed E-state index contributed by atoms with van der Waals surface area (Å²) in [4.78, 5) is 0. The van der Waals surface area contributed by atoms with Crippen LogP contribution in [0.5, 0.6) is 0 Å². The second kappa shape index (κ2) is 7.88. The molecule has 0 saturated heterocycles. The molecule has 0 saturated carbocycles. The molecule has 14 heavy (non-hydrogen) atoms. The molecule has 3 N–H and O–H groups in total. The number of halogens is 1. The van der Waals surface area contributed by atoms with Crippen LogP contribution in [-0.2, 0) is 5.75 Å². The Morgan fingerprint density at radius 3 is 2.50 bits per heavy atom. The molecule has 78 valence electrons. The van der Waals surface area contributed by atoms with Crippen molar-refractivity contribution in [3.8, 4) is 0 Å². The van der Waals surface area contributed by atoms with E-state index < -0.39 is 0 Å². The van der Waals surface area contributed by atoms with E-state index >= 15 is 0 Å². The molecule has 1 aromatic carbocycles. The Balaban J connectivity index is 0.000000791. The normalized spacial score (nSPS) is 8.79. The van der Waals surface area contributed by atoms with Crippen molar-refractivity contribution < 1.29 is 0 Å². The highest BCUT2D eigenvalue weighted by Crippen LogP contribution is 2.20. The summed E-state index contributed by atoms with van der Waals surface area (Å²) in [6, 6.07) is 7.93. The van der Waals surface area contributed by atoms with Crippen molar-refractivity contribution in [1.29, 1.82) is 5.41 Å². The largest absolute Gasteiger partial charge is 0.379 e. The number of hydrogen-bond donors (Lipinski definition) is 2. The molecule has 1 aromatic rings. The summed E-state index contributed by atoms with van der Waals surface area (Å²) in [7, 11) is 0. The number of thioether (sulfide) groups is 1. The monoisotopic (exact) mass is 274 g/mol. The molecule has 0 radical (unpaired) electrons. The summed E-state index contributed by atoms with van der Waals surface area (Å²) in [6.07, 6.45) is 0. The van der Waals surface area contributed by atoms with E-state index in [9.17, 15) is 0 Å². The van der Waals surface area contributed by atoms with Crippen LogP contribution in [0.3, 0.4) is 0 Å². The van der Waals surface area contributed by atoms with Gasteiger partial charge < -0.3 is 5.73 Å². The first-order valence-electron chi connectivity index (χ1n) is 4.40. The molecular weight excluding hydrogens is 260 g/mol. The average molecular weight is 275 g/mol. The van der Waals surface area contributed by atoms with Gasteiger partial charge in [0.1, 0.15) is 0 Å². The molecule has 1 rings (SSSR count). The highest BCUT2D eigenvalue weighted by molar-refractivity contribution is 9.10. The zero-order valence-corrected chi connectivity index (χ0v) is 10.8. The lowest BCUT2D eigenvalue weighted by Gasteiger charge is -2.01. The van der Waals surface area contributed by atoms with Crippen LogP contribution in [0.4, 0.5) is 0 Å². The summed E-state index contributed by atoms with van der Waals surface area (Å²) in [5.41, 5.74) is 6.39. The molecule has 0 bridgehead atoms. The van der Waals surface area contributed by atoms with E-state index in [0.717, 1.165) is 15.8 Å². The second-order valence-electron chi connectivity index (χ2n) is 2.24. The van der Waals surface area contributed by atoms with Gasteiger partial charge in [-0.3, -0.25) is 5.41 Å². The van der Waals surface area contributed by atoms with Crippen LogP contribution in [0.15, 0.2) is 28.7 Å². The first kappa shape index (κ1) is 13.5. The van der Waals surface area contributed by atoms with Gasteiger partial charge >= 0.3 is 0 Å². The molecule has 0 aliphatic rings. The molecule has 0 aliphatic heterocycles. The van der Waals surface area contributed by atoms with E-state index in [-0.39, 0.29) is 5.17 Å². The van der Waals surface area contributed by atoms with E-state index in [1.54, 1.807) is 0 Å². The van der Waals surface area contributed by atoms with E-state index in [0.29, 0.717) is 0 Å². The Hall–Kier alpha value is -0.480. The number of rotatable bonds is 2. The minimum Gasteiger partial charge on any atom is -0.379 e. The molecule has 0 amide bonds. The molecule has 0 unspecified atom stereocenters. The molecule has 0 aliphatic carbocycles. The molecule has 0 atom stereocenters. The predicted molar refractivity (Wildman–Crippen MR) is 68.7 cm³/mol. The van der Waals surface area contributed by atoms with Gasteiger partial charge in [0.2, 0.25) is 0 Å². The summed E-state index contributed by atoms with van der Waals surface area (Å²) >= 11 is 4.75. The maximum Gasteiger partial charge on any atom is 0.151 e. The second-order valence-corrected chi connectivity index (χ2v) is 4.12. The molecule has 0 spiro atoms. The van der Waals surface area contributed by atoms with Crippen molar-refractivity contribution >= 4 is 32.9 Å². The van der Waals surface area contributed by atoms with E-state index in [4.69, 9.17) is 11.1 Å². The van der Waals surface area contributed by atoms with Crippen molar-refractivity contribution in [3.05, 3.63) is 34.3 Å². The van der Waals surface area contributed by atoms with Crippen LogP contribution >= 0.6 is 27.7 Å². The predicted octanol–water partition coefficient (Wildman–Crippen LogP) is 3.60. The summed E-state index contributed by atoms with van der Waals surface area (Å²) in [5, 5.41) is 7.20. The third-order valence-electron chi connectivity index (χ3n) is 1.34. The molecule has 0 fully saturated rings. The van der Waals surface area contributed by atoms with Gasteiger partial charge in [-0.1, -0.05) is 59.7 Å². The Bertz CT molecular complexity index is 289. The summed E-state index contributed by atoms with van der Waals surface area (Å²) in [6.45, 7) is 4.00. The van der Waals surface area contributed by atoms with E-state index in [2.05, 4.69) is 15.9 Å². The quantitative estimate of drug-likeness (QED) is 0.640. The lowest BCUT2D eigenvalue weighted by atomic mass is 10.2. The fourth-order valence-electron chi connectivity index (χ4n) is 0.771. The van der Waals surface area contributed by atoms with Crippen LogP contribution in [-0.4, -0.2) is 5.17 Å². The highest BCUT2D eigenvalue weighted by Gasteiger charge is 1.98. The Kier molecular flexibility index (Phi) is 7.61. The summed E-state index contributed by atoms with van der Waals surface area (Å²) in [5.74, 6) is 0.747. The van der Waals surface area contributed by atoms with Crippen LogP contribution in [0.25, 0.3) is 0 Å². The highest BCUT2D eigenvalue weighted by atomic mass is 79.9. The van der Waals surface area contributed by atoms with Crippen LogP contribution in [0, 0.1) is 5.41 Å². The van der Waals surface area contributed by atoms with Crippen molar-refractivity contribution in [3.63, 3.8) is 0 Å². The van der Waals surface area contributed by atoms with Crippen molar-refractivity contribution in [2.24, 2.45) is 5.73 Å². The fourth-order valence-corrected chi connectivity index (χ4v) is 1.94. The Morgan fingerprint density at radius 2 is 2.00 bits per heavy atom. The minimum atomic E-state index is 0.158. The lowest BCUT2D eigenvalue weighted by molar-refractivity contribution is 1.38. The molecule has 0 heterocycles. The number of nitrogens with two attached hydrogens (primary N) is 1. The van der Waals surface area contributed by atoms with Gasteiger partial charge in [0.05, 0.1) is 0 Å². The smallest absolute Gasteiger partial charge is 0.151 e. The maximum absolute atomic E-state index is 7.04. The minimum absolute atomic E-state index is 0.158. The number of hydrogen-bond acceptors (Lipinski definition) is 2. The molecule has 2 nitrogen and oxygen atoms in total. The first-order chi connectivity index (χ1) is 6.70. The topological polar surface area (TPSA) is 49.9 Å². The van der Waals surface area contributed by atoms with Crippen LogP contribution in [0.1, 0.15) is 19.4 Å². The summed E-state index contributed by atoms with van der Waals surface area (Å²) < 4.78 is 1.07. The zero-order chi connectivity index (χ0) is 11.0. The van der Waals surface area contributed by atoms with E-state index in [1.807, 2.05) is 38.1 Å². The van der Waals surface area contributed by atoms with Gasteiger partial charge in [-0.2, -0.15) is 0 Å². The first-order valence-corrected chi connectivity index (χ1v) is 6.18. The third-order valence-corrected chi connectivity index (χ3v) is 2.88. The number of nitrogens with one attached hydrogen (secondary N) is 1. The van der Waals surface area contributed by atoms with Gasteiger partial charge in [0, 0.05) is 10.2 Å². The van der Waals surface area contributed by atoms with Gasteiger partial charge in [0.25, 0.3) is 0 Å². The fraction of sp³-hybridized carbons (Fsp3) is 0.300. The maximum atomic E-state index is 7.04. The van der Waals surface area contributed by atoms with Gasteiger partial charge in [-0.25, -0.2) is 0 Å². The molecular formula is C10H15BrN2S. The van der Waals surface area contributed by atoms with Crippen molar-refractivity contribution in [2.75, 3.05) is 0 Å².